The number of benzene rings is 1. The van der Waals surface area contributed by atoms with E-state index < -0.39 is 49.9 Å². The Morgan fingerprint density at radius 1 is 1.16 bits per heavy atom. The molecule has 25 heavy (non-hydrogen) atoms. The predicted octanol–water partition coefficient (Wildman–Crippen LogP) is 1.33. The third-order valence-electron chi connectivity index (χ3n) is 3.08. The average molecular weight is 376 g/mol. The summed E-state index contributed by atoms with van der Waals surface area (Å²) in [6.45, 7) is 0. The van der Waals surface area contributed by atoms with Gasteiger partial charge in [-0.25, -0.2) is 12.8 Å². The van der Waals surface area contributed by atoms with E-state index in [1.807, 2.05) is 0 Å². The van der Waals surface area contributed by atoms with Crippen LogP contribution in [0.4, 0.5) is 23.5 Å². The Bertz CT molecular complexity index is 1090. The monoisotopic (exact) mass is 376 g/mol. The van der Waals surface area contributed by atoms with Crippen molar-refractivity contribution in [1.29, 1.82) is 0 Å². The number of nitrogens with two attached hydrogens (primary N) is 1. The fourth-order valence-corrected chi connectivity index (χ4v) is 2.45. The lowest BCUT2D eigenvalue weighted by molar-refractivity contribution is -0.137. The van der Waals surface area contributed by atoms with Crippen LogP contribution in [0.25, 0.3) is 17.2 Å². The molecule has 2 N–H and O–H groups in total. The third kappa shape index (κ3) is 3.09. The van der Waals surface area contributed by atoms with Gasteiger partial charge < -0.3 is 5.73 Å². The van der Waals surface area contributed by atoms with Crippen LogP contribution in [0.5, 0.6) is 0 Å². The van der Waals surface area contributed by atoms with E-state index in [0.717, 1.165) is 10.8 Å². The van der Waals surface area contributed by atoms with E-state index in [-0.39, 0.29) is 5.78 Å². The van der Waals surface area contributed by atoms with Crippen LogP contribution in [0.1, 0.15) is 5.56 Å². The maximum absolute atomic E-state index is 13.9. The van der Waals surface area contributed by atoms with Gasteiger partial charge in [0.05, 0.1) is 11.1 Å². The number of nitrogen functional groups attached to an aromatic ring is 1. The normalized spacial score (nSPS) is 12.7. The zero-order chi connectivity index (χ0) is 18.6. The zero-order valence-corrected chi connectivity index (χ0v) is 13.1. The SMILES string of the molecule is CS(=O)(=O)c1nc(N)n2nc(-c3cc(C(F)(F)F)ccc3F)nc2n1. The number of alkyl halides is 3. The van der Waals surface area contributed by atoms with Gasteiger partial charge in [0.25, 0.3) is 10.9 Å². The highest BCUT2D eigenvalue weighted by atomic mass is 32.2. The van der Waals surface area contributed by atoms with Crippen molar-refractivity contribution in [2.24, 2.45) is 0 Å². The highest BCUT2D eigenvalue weighted by Gasteiger charge is 2.32. The maximum atomic E-state index is 13.9. The lowest BCUT2D eigenvalue weighted by Gasteiger charge is -2.07. The first-order chi connectivity index (χ1) is 11.5. The Hall–Kier alpha value is -2.83. The van der Waals surface area contributed by atoms with Crippen LogP contribution >= 0.6 is 0 Å². The molecule has 8 nitrogen and oxygen atoms in total. The molecule has 0 radical (unpaired) electrons. The Labute approximate surface area is 137 Å². The van der Waals surface area contributed by atoms with Gasteiger partial charge in [-0.3, -0.25) is 0 Å². The second-order valence-electron chi connectivity index (χ2n) is 4.98. The molecule has 13 heteroatoms. The van der Waals surface area contributed by atoms with Crippen LogP contribution in [-0.2, 0) is 16.0 Å². The summed E-state index contributed by atoms with van der Waals surface area (Å²) < 4.78 is 76.1. The molecular weight excluding hydrogens is 368 g/mol. The number of hydrogen-bond acceptors (Lipinski definition) is 7. The van der Waals surface area contributed by atoms with E-state index in [1.54, 1.807) is 0 Å². The van der Waals surface area contributed by atoms with Gasteiger partial charge in [-0.05, 0) is 18.2 Å². The number of rotatable bonds is 2. The summed E-state index contributed by atoms with van der Waals surface area (Å²) in [6.07, 6.45) is -3.86. The fourth-order valence-electron chi connectivity index (χ4n) is 1.94. The van der Waals surface area contributed by atoms with Crippen molar-refractivity contribution in [3.8, 4) is 11.4 Å². The molecule has 0 saturated heterocycles. The number of anilines is 1. The Morgan fingerprint density at radius 3 is 2.44 bits per heavy atom. The summed E-state index contributed by atoms with van der Waals surface area (Å²) in [5, 5.41) is 3.11. The second-order valence-corrected chi connectivity index (χ2v) is 6.89. The number of nitrogens with zero attached hydrogens (tertiary/aromatic N) is 5. The van der Waals surface area contributed by atoms with E-state index in [1.165, 1.54) is 0 Å². The minimum absolute atomic E-state index is 0.347. The van der Waals surface area contributed by atoms with Crippen LogP contribution in [0, 0.1) is 5.82 Å². The average Bonchev–Trinajstić information content (AvgIpc) is 2.90. The van der Waals surface area contributed by atoms with Crippen molar-refractivity contribution in [2.75, 3.05) is 12.0 Å². The molecule has 0 atom stereocenters. The summed E-state index contributed by atoms with van der Waals surface area (Å²) >= 11 is 0. The molecule has 0 spiro atoms. The molecule has 3 aromatic rings. The van der Waals surface area contributed by atoms with Gasteiger partial charge in [0, 0.05) is 6.26 Å². The van der Waals surface area contributed by atoms with Crippen LogP contribution in [-0.4, -0.2) is 39.2 Å². The molecule has 0 aliphatic heterocycles. The third-order valence-corrected chi connectivity index (χ3v) is 3.93. The molecule has 0 bridgehead atoms. The Kier molecular flexibility index (Phi) is 3.63. The van der Waals surface area contributed by atoms with E-state index in [2.05, 4.69) is 20.1 Å². The highest BCUT2D eigenvalue weighted by molar-refractivity contribution is 7.90. The first-order valence-electron chi connectivity index (χ1n) is 6.44. The largest absolute Gasteiger partial charge is 0.416 e. The van der Waals surface area contributed by atoms with Gasteiger partial charge in [0.15, 0.2) is 5.82 Å². The molecule has 132 valence electrons. The molecule has 0 fully saturated rings. The molecular formula is C12H8F4N6O2S. The number of halogens is 4. The molecule has 3 rings (SSSR count). The summed E-state index contributed by atoms with van der Waals surface area (Å²) in [7, 11) is -3.81. The van der Waals surface area contributed by atoms with Crippen LogP contribution < -0.4 is 5.73 Å². The molecule has 0 saturated carbocycles. The molecule has 0 aliphatic carbocycles. The molecule has 1 aromatic carbocycles. The summed E-state index contributed by atoms with van der Waals surface area (Å²) in [5.41, 5.74) is 3.91. The number of fused-ring (bicyclic) bond motifs is 1. The first-order valence-corrected chi connectivity index (χ1v) is 8.33. The Balaban J connectivity index is 2.23. The van der Waals surface area contributed by atoms with Crippen molar-refractivity contribution in [1.82, 2.24) is 24.6 Å². The summed E-state index contributed by atoms with van der Waals surface area (Å²) in [4.78, 5) is 10.9. The molecule has 2 aromatic heterocycles. The van der Waals surface area contributed by atoms with Crippen molar-refractivity contribution in [3.05, 3.63) is 29.6 Å². The van der Waals surface area contributed by atoms with Gasteiger partial charge in [-0.2, -0.15) is 32.6 Å². The summed E-state index contributed by atoms with van der Waals surface area (Å²) in [6, 6.07) is 1.73. The number of hydrogen-bond donors (Lipinski definition) is 1. The van der Waals surface area contributed by atoms with Crippen molar-refractivity contribution >= 4 is 21.6 Å². The van der Waals surface area contributed by atoms with Crippen LogP contribution in [0.2, 0.25) is 0 Å². The van der Waals surface area contributed by atoms with E-state index in [9.17, 15) is 26.0 Å². The minimum atomic E-state index is -4.69. The first kappa shape index (κ1) is 17.0. The maximum Gasteiger partial charge on any atom is 0.416 e. The van der Waals surface area contributed by atoms with Crippen molar-refractivity contribution in [2.45, 2.75) is 11.3 Å². The van der Waals surface area contributed by atoms with E-state index >= 15 is 0 Å². The molecule has 0 amide bonds. The molecule has 2 heterocycles. The summed E-state index contributed by atoms with van der Waals surface area (Å²) in [5.74, 6) is -2.22. The lowest BCUT2D eigenvalue weighted by Crippen LogP contribution is -2.11. The molecule has 0 aliphatic rings. The molecule has 0 unspecified atom stereocenters. The van der Waals surface area contributed by atoms with Gasteiger partial charge >= 0.3 is 6.18 Å². The number of aromatic nitrogens is 5. The van der Waals surface area contributed by atoms with Gasteiger partial charge in [0.1, 0.15) is 5.82 Å². The number of sulfone groups is 1. The van der Waals surface area contributed by atoms with Crippen molar-refractivity contribution < 1.29 is 26.0 Å². The standard InChI is InChI=1S/C12H8F4N6O2S/c1-25(23,24)11-19-9(17)22-10(20-11)18-8(21-22)6-4-5(12(14,15)16)2-3-7(6)13/h2-4H,1H3,(H2,17,18,19,20,21). The topological polar surface area (TPSA) is 116 Å². The van der Waals surface area contributed by atoms with Crippen molar-refractivity contribution in [3.63, 3.8) is 0 Å². The second kappa shape index (κ2) is 5.34. The highest BCUT2D eigenvalue weighted by Crippen LogP contribution is 2.32. The zero-order valence-electron chi connectivity index (χ0n) is 12.3. The Morgan fingerprint density at radius 2 is 1.84 bits per heavy atom. The smallest absolute Gasteiger partial charge is 0.368 e. The van der Waals surface area contributed by atoms with Gasteiger partial charge in [-0.1, -0.05) is 0 Å². The minimum Gasteiger partial charge on any atom is -0.368 e. The van der Waals surface area contributed by atoms with E-state index in [4.69, 9.17) is 5.73 Å². The van der Waals surface area contributed by atoms with Crippen LogP contribution in [0.3, 0.4) is 0 Å². The lowest BCUT2D eigenvalue weighted by atomic mass is 10.1. The van der Waals surface area contributed by atoms with Gasteiger partial charge in [-0.15, -0.1) is 5.10 Å². The van der Waals surface area contributed by atoms with E-state index in [0.29, 0.717) is 18.2 Å². The van der Waals surface area contributed by atoms with Gasteiger partial charge in [0.2, 0.25) is 15.8 Å². The quantitative estimate of drug-likeness (QED) is 0.671. The fraction of sp³-hybridized carbons (Fsp3) is 0.167. The predicted molar refractivity (Wildman–Crippen MR) is 76.5 cm³/mol. The van der Waals surface area contributed by atoms with Crippen LogP contribution in [0.15, 0.2) is 23.4 Å².